The molecule has 1 aromatic heterocycles. The third-order valence-corrected chi connectivity index (χ3v) is 5.92. The molecule has 3 heterocycles. The maximum Gasteiger partial charge on any atom is 0.263 e. The Hall–Kier alpha value is -2.84. The second-order valence-corrected chi connectivity index (χ2v) is 8.25. The molecule has 0 radical (unpaired) electrons. The fourth-order valence-corrected chi connectivity index (χ4v) is 3.97. The van der Waals surface area contributed by atoms with Gasteiger partial charge in [0.25, 0.3) is 11.5 Å². The number of hydrogen-bond donors (Lipinski definition) is 1. The van der Waals surface area contributed by atoms with E-state index in [-0.39, 0.29) is 23.8 Å². The fraction of sp³-hybridized carbons (Fsp3) is 0.478. The Kier molecular flexibility index (Phi) is 6.58. The molecule has 1 aromatic carbocycles. The number of carbonyl (C=O) groups excluding carboxylic acids is 1. The van der Waals surface area contributed by atoms with Crippen LogP contribution in [0.25, 0.3) is 0 Å². The van der Waals surface area contributed by atoms with Gasteiger partial charge in [-0.05, 0) is 56.3 Å². The molecule has 4 rings (SSSR count). The first-order valence-electron chi connectivity index (χ1n) is 10.8. The Morgan fingerprint density at radius 1 is 1.10 bits per heavy atom. The van der Waals surface area contributed by atoms with Crippen LogP contribution < -0.4 is 20.3 Å². The van der Waals surface area contributed by atoms with E-state index >= 15 is 0 Å². The van der Waals surface area contributed by atoms with Crippen molar-refractivity contribution in [3.05, 3.63) is 57.5 Å². The van der Waals surface area contributed by atoms with Gasteiger partial charge in [-0.25, -0.2) is 0 Å². The van der Waals surface area contributed by atoms with Gasteiger partial charge in [-0.15, -0.1) is 0 Å². The smallest absolute Gasteiger partial charge is 0.263 e. The number of nitrogens with one attached hydrogen (secondary N) is 1. The summed E-state index contributed by atoms with van der Waals surface area (Å²) in [5, 5.41) is 2.93. The van der Waals surface area contributed by atoms with Crippen LogP contribution in [0, 0.1) is 6.92 Å². The second kappa shape index (κ2) is 9.53. The summed E-state index contributed by atoms with van der Waals surface area (Å²) in [7, 11) is 2.14. The first-order valence-corrected chi connectivity index (χ1v) is 10.8. The molecule has 1 saturated heterocycles. The van der Waals surface area contributed by atoms with Gasteiger partial charge in [0.15, 0.2) is 11.5 Å². The van der Waals surface area contributed by atoms with E-state index in [2.05, 4.69) is 22.2 Å². The van der Waals surface area contributed by atoms with Crippen molar-refractivity contribution in [3.63, 3.8) is 0 Å². The highest BCUT2D eigenvalue weighted by molar-refractivity contribution is 5.95. The van der Waals surface area contributed by atoms with Crippen molar-refractivity contribution in [2.24, 2.45) is 0 Å². The van der Waals surface area contributed by atoms with E-state index < -0.39 is 0 Å². The minimum Gasteiger partial charge on any atom is -0.454 e. The van der Waals surface area contributed by atoms with Gasteiger partial charge in [-0.2, -0.15) is 0 Å². The Labute approximate surface area is 182 Å². The van der Waals surface area contributed by atoms with Crippen LogP contribution in [0.2, 0.25) is 0 Å². The highest BCUT2D eigenvalue weighted by Gasteiger charge is 2.18. The first-order chi connectivity index (χ1) is 15.0. The number of nitrogens with zero attached hydrogens (tertiary/aromatic N) is 3. The number of pyridine rings is 1. The zero-order chi connectivity index (χ0) is 21.8. The lowest BCUT2D eigenvalue weighted by molar-refractivity contribution is 0.0946. The molecular weight excluding hydrogens is 396 g/mol. The minimum atomic E-state index is -0.305. The lowest BCUT2D eigenvalue weighted by Gasteiger charge is -2.32. The summed E-state index contributed by atoms with van der Waals surface area (Å²) in [6, 6.07) is 7.42. The number of benzene rings is 1. The Bertz CT molecular complexity index is 996. The number of aromatic nitrogens is 1. The van der Waals surface area contributed by atoms with Crippen molar-refractivity contribution in [2.75, 3.05) is 53.1 Å². The number of hydrogen-bond acceptors (Lipinski definition) is 6. The quantitative estimate of drug-likeness (QED) is 0.673. The highest BCUT2D eigenvalue weighted by Crippen LogP contribution is 2.32. The van der Waals surface area contributed by atoms with E-state index in [1.807, 2.05) is 24.3 Å². The van der Waals surface area contributed by atoms with E-state index in [0.717, 1.165) is 44.7 Å². The first kappa shape index (κ1) is 21.4. The molecule has 0 spiro atoms. The molecule has 0 aliphatic carbocycles. The monoisotopic (exact) mass is 426 g/mol. The van der Waals surface area contributed by atoms with Gasteiger partial charge in [0.1, 0.15) is 5.56 Å². The van der Waals surface area contributed by atoms with Crippen LogP contribution in [0.4, 0.5) is 0 Å². The summed E-state index contributed by atoms with van der Waals surface area (Å²) < 4.78 is 12.3. The molecule has 1 N–H and O–H groups in total. The molecule has 0 atom stereocenters. The van der Waals surface area contributed by atoms with Gasteiger partial charge in [0.2, 0.25) is 6.79 Å². The van der Waals surface area contributed by atoms with Crippen molar-refractivity contribution in [2.45, 2.75) is 19.9 Å². The lowest BCUT2D eigenvalue weighted by Crippen LogP contribution is -2.45. The van der Waals surface area contributed by atoms with Crippen LogP contribution in [-0.4, -0.2) is 73.4 Å². The van der Waals surface area contributed by atoms with Gasteiger partial charge >= 0.3 is 0 Å². The third kappa shape index (κ3) is 5.08. The number of aryl methyl sites for hydroxylation is 1. The van der Waals surface area contributed by atoms with Gasteiger partial charge in [0, 0.05) is 38.9 Å². The normalized spacial score (nSPS) is 16.5. The van der Waals surface area contributed by atoms with Crippen molar-refractivity contribution in [1.82, 2.24) is 19.7 Å². The van der Waals surface area contributed by atoms with E-state index in [9.17, 15) is 9.59 Å². The van der Waals surface area contributed by atoms with E-state index in [1.165, 1.54) is 0 Å². The average molecular weight is 427 g/mol. The molecule has 2 aliphatic heterocycles. The third-order valence-electron chi connectivity index (χ3n) is 5.92. The molecule has 8 heteroatoms. The zero-order valence-electron chi connectivity index (χ0n) is 18.2. The highest BCUT2D eigenvalue weighted by atomic mass is 16.7. The predicted molar refractivity (Wildman–Crippen MR) is 118 cm³/mol. The summed E-state index contributed by atoms with van der Waals surface area (Å²) in [6.45, 7) is 8.17. The molecule has 0 saturated carbocycles. The number of likely N-dealkylation sites (N-methyl/N-ethyl adjacent to an activating group) is 1. The number of amides is 1. The second-order valence-electron chi connectivity index (χ2n) is 8.25. The SMILES string of the molecule is Cc1ccn(Cc2ccc3c(c2)OCO3)c(=O)c1C(=O)NCCCN1CCN(C)CC1. The maximum absolute atomic E-state index is 13.0. The summed E-state index contributed by atoms with van der Waals surface area (Å²) in [5.74, 6) is 1.08. The van der Waals surface area contributed by atoms with Crippen LogP contribution in [0.5, 0.6) is 11.5 Å². The molecule has 2 aliphatic rings. The molecule has 166 valence electrons. The summed E-state index contributed by atoms with van der Waals surface area (Å²) in [4.78, 5) is 30.5. The molecule has 2 aromatic rings. The summed E-state index contributed by atoms with van der Waals surface area (Å²) in [5.41, 5.74) is 1.52. The minimum absolute atomic E-state index is 0.211. The molecule has 1 fully saturated rings. The fourth-order valence-electron chi connectivity index (χ4n) is 3.97. The van der Waals surface area contributed by atoms with Crippen LogP contribution in [0.1, 0.15) is 27.9 Å². The van der Waals surface area contributed by atoms with Crippen LogP contribution in [-0.2, 0) is 6.54 Å². The molecule has 1 amide bonds. The Morgan fingerprint density at radius 3 is 2.68 bits per heavy atom. The summed E-state index contributed by atoms with van der Waals surface area (Å²) >= 11 is 0. The van der Waals surface area contributed by atoms with Crippen LogP contribution in [0.15, 0.2) is 35.3 Å². The predicted octanol–water partition coefficient (Wildman–Crippen LogP) is 1.30. The average Bonchev–Trinajstić information content (AvgIpc) is 3.22. The zero-order valence-corrected chi connectivity index (χ0v) is 18.2. The van der Waals surface area contributed by atoms with Gasteiger partial charge in [0.05, 0.1) is 6.54 Å². The molecule has 31 heavy (non-hydrogen) atoms. The van der Waals surface area contributed by atoms with Crippen molar-refractivity contribution >= 4 is 5.91 Å². The van der Waals surface area contributed by atoms with E-state index in [0.29, 0.717) is 30.2 Å². The Balaban J connectivity index is 1.36. The van der Waals surface area contributed by atoms with Crippen molar-refractivity contribution in [1.29, 1.82) is 0 Å². The number of rotatable bonds is 7. The van der Waals surface area contributed by atoms with Crippen molar-refractivity contribution in [3.8, 4) is 11.5 Å². The molecule has 0 bridgehead atoms. The lowest BCUT2D eigenvalue weighted by atomic mass is 10.1. The van der Waals surface area contributed by atoms with E-state index in [1.54, 1.807) is 17.7 Å². The van der Waals surface area contributed by atoms with E-state index in [4.69, 9.17) is 9.47 Å². The Morgan fingerprint density at radius 2 is 1.87 bits per heavy atom. The maximum atomic E-state index is 13.0. The molecule has 8 nitrogen and oxygen atoms in total. The summed E-state index contributed by atoms with van der Waals surface area (Å²) in [6.07, 6.45) is 2.60. The van der Waals surface area contributed by atoms with Gasteiger partial charge in [-0.3, -0.25) is 9.59 Å². The molecular formula is C23H30N4O4. The molecule has 0 unspecified atom stereocenters. The largest absolute Gasteiger partial charge is 0.454 e. The number of ether oxygens (including phenoxy) is 2. The standard InChI is InChI=1S/C23H30N4O4/c1-17-6-9-27(15-18-4-5-19-20(14-18)31-16-30-19)23(29)21(17)22(28)24-7-3-8-26-12-10-25(2)11-13-26/h4-6,9,14H,3,7-8,10-13,15-16H2,1-2H3,(H,24,28). The number of fused-ring (bicyclic) bond motifs is 1. The van der Waals surface area contributed by atoms with Crippen LogP contribution in [0.3, 0.4) is 0 Å². The van der Waals surface area contributed by atoms with Gasteiger partial charge in [-0.1, -0.05) is 6.07 Å². The number of carbonyl (C=O) groups is 1. The van der Waals surface area contributed by atoms with Gasteiger partial charge < -0.3 is 29.2 Å². The van der Waals surface area contributed by atoms with Crippen LogP contribution >= 0.6 is 0 Å². The van der Waals surface area contributed by atoms with Crippen molar-refractivity contribution < 1.29 is 14.3 Å². The topological polar surface area (TPSA) is 76.0 Å². The number of piperazine rings is 1.